The van der Waals surface area contributed by atoms with Crippen LogP contribution in [0.5, 0.6) is 5.75 Å². The molecule has 0 radical (unpaired) electrons. The van der Waals surface area contributed by atoms with Gasteiger partial charge in [0.2, 0.25) is 5.91 Å². The predicted molar refractivity (Wildman–Crippen MR) is 107 cm³/mol. The molecule has 4 heterocycles. The van der Waals surface area contributed by atoms with Crippen LogP contribution in [0.3, 0.4) is 0 Å². The lowest BCUT2D eigenvalue weighted by Gasteiger charge is -2.25. The number of fused-ring (bicyclic) bond motifs is 1. The summed E-state index contributed by atoms with van der Waals surface area (Å²) in [6, 6.07) is 11.5. The third kappa shape index (κ3) is 2.94. The number of nitrogens with one attached hydrogen (secondary N) is 2. The third-order valence-electron chi connectivity index (χ3n) is 5.11. The number of rotatable bonds is 4. The molecule has 0 spiro atoms. The second-order valence-electron chi connectivity index (χ2n) is 6.78. The number of hydrogen-bond acceptors (Lipinski definition) is 5. The first kappa shape index (κ1) is 17.2. The van der Waals surface area contributed by atoms with Crippen molar-refractivity contribution < 1.29 is 9.53 Å². The van der Waals surface area contributed by atoms with Crippen LogP contribution >= 0.6 is 0 Å². The molecule has 2 N–H and O–H groups in total. The number of H-pyrrole nitrogens is 1. The molecule has 4 aromatic rings. The quantitative estimate of drug-likeness (QED) is 0.562. The van der Waals surface area contributed by atoms with Crippen molar-refractivity contribution in [1.82, 2.24) is 25.0 Å². The number of aromatic nitrogens is 5. The maximum atomic E-state index is 12.5. The zero-order valence-corrected chi connectivity index (χ0v) is 15.7. The Bertz CT molecular complexity index is 1170. The second kappa shape index (κ2) is 6.90. The van der Waals surface area contributed by atoms with E-state index in [2.05, 4.69) is 25.6 Å². The van der Waals surface area contributed by atoms with E-state index in [0.29, 0.717) is 12.2 Å². The number of anilines is 1. The minimum atomic E-state index is -0.220. The molecule has 5 rings (SSSR count). The van der Waals surface area contributed by atoms with Crippen LogP contribution in [-0.2, 0) is 4.79 Å². The van der Waals surface area contributed by atoms with Crippen molar-refractivity contribution >= 4 is 11.7 Å². The van der Waals surface area contributed by atoms with E-state index in [1.807, 2.05) is 42.6 Å². The summed E-state index contributed by atoms with van der Waals surface area (Å²) in [7, 11) is 1.63. The van der Waals surface area contributed by atoms with E-state index in [0.717, 1.165) is 33.8 Å². The summed E-state index contributed by atoms with van der Waals surface area (Å²) in [4.78, 5) is 16.7. The summed E-state index contributed by atoms with van der Waals surface area (Å²) in [5, 5.41) is 14.7. The van der Waals surface area contributed by atoms with E-state index in [-0.39, 0.29) is 11.8 Å². The predicted octanol–water partition coefficient (Wildman–Crippen LogP) is 3.14. The highest BCUT2D eigenvalue weighted by molar-refractivity contribution is 5.96. The standard InChI is InChI=1S/C21H18N6O2/c1-29-14-5-6-17(27-9-3-8-23-27)15(10-14)16-11-18(28)24-21-19(16)20(25-26-21)13-4-2-7-22-12-13/h2-10,12,16H,11H2,1H3,(H2,24,25,26,28). The van der Waals surface area contributed by atoms with Crippen LogP contribution in [0.25, 0.3) is 16.9 Å². The van der Waals surface area contributed by atoms with E-state index in [4.69, 9.17) is 4.74 Å². The number of hydrogen-bond donors (Lipinski definition) is 2. The van der Waals surface area contributed by atoms with Crippen LogP contribution in [0.4, 0.5) is 5.82 Å². The van der Waals surface area contributed by atoms with Crippen molar-refractivity contribution in [3.63, 3.8) is 0 Å². The highest BCUT2D eigenvalue weighted by atomic mass is 16.5. The van der Waals surface area contributed by atoms with Gasteiger partial charge in [-0.1, -0.05) is 0 Å². The Morgan fingerprint density at radius 1 is 1.21 bits per heavy atom. The first-order valence-electron chi connectivity index (χ1n) is 9.21. The Labute approximate surface area is 166 Å². The summed E-state index contributed by atoms with van der Waals surface area (Å²) >= 11 is 0. The number of ether oxygens (including phenoxy) is 1. The molecule has 1 atom stereocenters. The maximum absolute atomic E-state index is 12.5. The molecule has 0 saturated heterocycles. The number of methoxy groups -OCH3 is 1. The van der Waals surface area contributed by atoms with Crippen molar-refractivity contribution in [1.29, 1.82) is 0 Å². The molecule has 1 unspecified atom stereocenters. The maximum Gasteiger partial charge on any atom is 0.226 e. The van der Waals surface area contributed by atoms with Gasteiger partial charge in [0.05, 0.1) is 18.5 Å². The number of carbonyl (C=O) groups excluding carboxylic acids is 1. The first-order valence-corrected chi connectivity index (χ1v) is 9.21. The van der Waals surface area contributed by atoms with Crippen LogP contribution < -0.4 is 10.1 Å². The number of benzene rings is 1. The van der Waals surface area contributed by atoms with Gasteiger partial charge in [-0.15, -0.1) is 0 Å². The molecule has 8 nitrogen and oxygen atoms in total. The van der Waals surface area contributed by atoms with E-state index >= 15 is 0 Å². The topological polar surface area (TPSA) is 97.7 Å². The Balaban J connectivity index is 1.73. The summed E-state index contributed by atoms with van der Waals surface area (Å²) in [5.74, 6) is 0.956. The molecule has 8 heteroatoms. The van der Waals surface area contributed by atoms with Gasteiger partial charge in [0.1, 0.15) is 5.75 Å². The highest BCUT2D eigenvalue weighted by Crippen LogP contribution is 2.44. The average molecular weight is 386 g/mol. The number of amides is 1. The van der Waals surface area contributed by atoms with Gasteiger partial charge in [0.15, 0.2) is 5.82 Å². The largest absolute Gasteiger partial charge is 0.497 e. The molecular weight excluding hydrogens is 368 g/mol. The fraction of sp³-hybridized carbons (Fsp3) is 0.143. The SMILES string of the molecule is COc1ccc(-n2cccn2)c(C2CC(=O)Nc3n[nH]c(-c4cccnc4)c32)c1. The van der Waals surface area contributed by atoms with Gasteiger partial charge < -0.3 is 10.1 Å². The number of nitrogens with zero attached hydrogens (tertiary/aromatic N) is 4. The summed E-state index contributed by atoms with van der Waals surface area (Å²) < 4.78 is 7.26. The van der Waals surface area contributed by atoms with Crippen molar-refractivity contribution in [2.75, 3.05) is 12.4 Å². The molecule has 0 fully saturated rings. The molecule has 0 aliphatic carbocycles. The van der Waals surface area contributed by atoms with Crippen molar-refractivity contribution in [2.45, 2.75) is 12.3 Å². The molecule has 0 bridgehead atoms. The van der Waals surface area contributed by atoms with Gasteiger partial charge >= 0.3 is 0 Å². The third-order valence-corrected chi connectivity index (χ3v) is 5.11. The van der Waals surface area contributed by atoms with Crippen molar-refractivity contribution in [3.05, 3.63) is 72.3 Å². The fourth-order valence-electron chi connectivity index (χ4n) is 3.81. The Morgan fingerprint density at radius 3 is 2.90 bits per heavy atom. The lowest BCUT2D eigenvalue weighted by atomic mass is 9.83. The molecule has 1 aliphatic heterocycles. The molecule has 29 heavy (non-hydrogen) atoms. The normalized spacial score (nSPS) is 15.6. The molecular formula is C21H18N6O2. The van der Waals surface area contributed by atoms with Gasteiger partial charge in [-0.25, -0.2) is 4.68 Å². The van der Waals surface area contributed by atoms with Gasteiger partial charge in [0, 0.05) is 48.3 Å². The zero-order chi connectivity index (χ0) is 19.8. The van der Waals surface area contributed by atoms with E-state index < -0.39 is 0 Å². The Kier molecular flexibility index (Phi) is 4.09. The van der Waals surface area contributed by atoms with Gasteiger partial charge in [-0.05, 0) is 42.0 Å². The molecule has 1 aliphatic rings. The second-order valence-corrected chi connectivity index (χ2v) is 6.78. The molecule has 1 aromatic carbocycles. The summed E-state index contributed by atoms with van der Waals surface area (Å²) in [6.07, 6.45) is 7.41. The lowest BCUT2D eigenvalue weighted by Crippen LogP contribution is -2.24. The van der Waals surface area contributed by atoms with E-state index in [9.17, 15) is 4.79 Å². The highest BCUT2D eigenvalue weighted by Gasteiger charge is 2.34. The fourth-order valence-corrected chi connectivity index (χ4v) is 3.81. The van der Waals surface area contributed by atoms with Crippen LogP contribution in [0, 0.1) is 0 Å². The van der Waals surface area contributed by atoms with Gasteiger partial charge in [0.25, 0.3) is 0 Å². The molecule has 0 saturated carbocycles. The summed E-state index contributed by atoms with van der Waals surface area (Å²) in [6.45, 7) is 0. The average Bonchev–Trinajstić information content (AvgIpc) is 3.43. The van der Waals surface area contributed by atoms with Crippen LogP contribution in [0.15, 0.2) is 61.2 Å². The monoisotopic (exact) mass is 386 g/mol. The Morgan fingerprint density at radius 2 is 2.14 bits per heavy atom. The van der Waals surface area contributed by atoms with Crippen molar-refractivity contribution in [3.8, 4) is 22.7 Å². The molecule has 3 aromatic heterocycles. The van der Waals surface area contributed by atoms with E-state index in [1.54, 1.807) is 30.4 Å². The summed E-state index contributed by atoms with van der Waals surface area (Å²) in [5.41, 5.74) is 4.51. The smallest absolute Gasteiger partial charge is 0.226 e. The molecule has 1 amide bonds. The van der Waals surface area contributed by atoms with Gasteiger partial charge in [-0.3, -0.25) is 14.9 Å². The minimum Gasteiger partial charge on any atom is -0.497 e. The minimum absolute atomic E-state index is 0.0824. The number of aromatic amines is 1. The zero-order valence-electron chi connectivity index (χ0n) is 15.7. The van der Waals surface area contributed by atoms with Crippen LogP contribution in [0.2, 0.25) is 0 Å². The Hall–Kier alpha value is -3.94. The molecule has 144 valence electrons. The number of pyridine rings is 1. The lowest BCUT2D eigenvalue weighted by molar-refractivity contribution is -0.116. The van der Waals surface area contributed by atoms with Crippen LogP contribution in [0.1, 0.15) is 23.5 Å². The van der Waals surface area contributed by atoms with Crippen LogP contribution in [-0.4, -0.2) is 38.0 Å². The number of carbonyl (C=O) groups is 1. The van der Waals surface area contributed by atoms with Crippen molar-refractivity contribution in [2.24, 2.45) is 0 Å². The van der Waals surface area contributed by atoms with E-state index in [1.165, 1.54) is 0 Å². The van der Waals surface area contributed by atoms with Gasteiger partial charge in [-0.2, -0.15) is 10.2 Å². The first-order chi connectivity index (χ1) is 14.2.